The van der Waals surface area contributed by atoms with Gasteiger partial charge in [-0.25, -0.2) is 4.79 Å². The van der Waals surface area contributed by atoms with Gasteiger partial charge in [0.2, 0.25) is 0 Å². The zero-order valence-corrected chi connectivity index (χ0v) is 17.1. The van der Waals surface area contributed by atoms with Crippen LogP contribution >= 0.6 is 11.6 Å². The summed E-state index contributed by atoms with van der Waals surface area (Å²) in [6, 6.07) is 12.6. The van der Waals surface area contributed by atoms with Crippen LogP contribution in [0.2, 0.25) is 5.02 Å². The Morgan fingerprint density at radius 3 is 2.46 bits per heavy atom. The van der Waals surface area contributed by atoms with Gasteiger partial charge in [-0.2, -0.15) is 0 Å². The van der Waals surface area contributed by atoms with Crippen molar-refractivity contribution in [1.82, 2.24) is 4.57 Å². The van der Waals surface area contributed by atoms with Crippen molar-refractivity contribution in [2.75, 3.05) is 0 Å². The van der Waals surface area contributed by atoms with Crippen molar-refractivity contribution in [1.29, 1.82) is 0 Å². The summed E-state index contributed by atoms with van der Waals surface area (Å²) in [5.41, 5.74) is 3.50. The average Bonchev–Trinajstić information content (AvgIpc) is 2.96. The Hall–Kier alpha value is -2.59. The number of carbonyl (C=O) groups excluding carboxylic acids is 1. The second-order valence-electron chi connectivity index (χ2n) is 7.31. The maximum atomic E-state index is 13.2. The summed E-state index contributed by atoms with van der Waals surface area (Å²) >= 11 is 6.38. The van der Waals surface area contributed by atoms with Crippen LogP contribution in [0.15, 0.2) is 42.5 Å². The van der Waals surface area contributed by atoms with E-state index in [1.807, 2.05) is 48.7 Å². The van der Waals surface area contributed by atoms with E-state index in [0.29, 0.717) is 17.3 Å². The number of nitrogens with zero attached hydrogens (tertiary/aromatic N) is 1. The molecule has 1 heterocycles. The third-order valence-electron chi connectivity index (χ3n) is 4.96. The summed E-state index contributed by atoms with van der Waals surface area (Å²) in [5, 5.41) is 11.0. The molecule has 5 heteroatoms. The zero-order chi connectivity index (χ0) is 20.4. The van der Waals surface area contributed by atoms with Crippen LogP contribution < -0.4 is 0 Å². The highest BCUT2D eigenvalue weighted by molar-refractivity contribution is 6.31. The van der Waals surface area contributed by atoms with Gasteiger partial charge in [-0.1, -0.05) is 63.1 Å². The van der Waals surface area contributed by atoms with Crippen LogP contribution in [0, 0.1) is 5.92 Å². The maximum Gasteiger partial charge on any atom is 0.335 e. The molecule has 0 bridgehead atoms. The Kier molecular flexibility index (Phi) is 5.90. The molecule has 0 saturated carbocycles. The quantitative estimate of drug-likeness (QED) is 0.510. The lowest BCUT2D eigenvalue weighted by atomic mass is 9.98. The number of rotatable bonds is 7. The second kappa shape index (κ2) is 8.19. The van der Waals surface area contributed by atoms with E-state index in [1.165, 1.54) is 0 Å². The van der Waals surface area contributed by atoms with Gasteiger partial charge >= 0.3 is 5.97 Å². The van der Waals surface area contributed by atoms with E-state index in [2.05, 4.69) is 6.92 Å². The molecule has 0 aliphatic heterocycles. The number of Topliss-reactive ketones (excluding diaryl/α,β-unsaturated/α-hetero) is 1. The Labute approximate surface area is 169 Å². The number of carboxylic acid groups (broad SMARTS) is 1. The first-order valence-corrected chi connectivity index (χ1v) is 9.89. The van der Waals surface area contributed by atoms with Crippen molar-refractivity contribution >= 4 is 34.3 Å². The van der Waals surface area contributed by atoms with Crippen LogP contribution in [0.3, 0.4) is 0 Å². The van der Waals surface area contributed by atoms with E-state index in [1.54, 1.807) is 12.1 Å². The van der Waals surface area contributed by atoms with Crippen molar-refractivity contribution in [3.63, 3.8) is 0 Å². The normalized spacial score (nSPS) is 11.3. The third-order valence-corrected chi connectivity index (χ3v) is 5.33. The minimum Gasteiger partial charge on any atom is -0.478 e. The Morgan fingerprint density at radius 1 is 1.14 bits per heavy atom. The number of ketones is 1. The molecule has 0 fully saturated rings. The van der Waals surface area contributed by atoms with Gasteiger partial charge in [-0.05, 0) is 35.7 Å². The number of aryl methyl sites for hydroxylation is 1. The van der Waals surface area contributed by atoms with Crippen LogP contribution in [0.4, 0.5) is 0 Å². The Morgan fingerprint density at radius 2 is 1.86 bits per heavy atom. The number of benzene rings is 2. The summed E-state index contributed by atoms with van der Waals surface area (Å²) in [5.74, 6) is -1.09. The van der Waals surface area contributed by atoms with Crippen LogP contribution in [0.5, 0.6) is 0 Å². The molecule has 3 aromatic rings. The molecule has 0 aliphatic carbocycles. The molecule has 0 saturated heterocycles. The largest absolute Gasteiger partial charge is 0.478 e. The van der Waals surface area contributed by atoms with Gasteiger partial charge < -0.3 is 9.67 Å². The molecule has 0 aliphatic rings. The van der Waals surface area contributed by atoms with Gasteiger partial charge in [0.1, 0.15) is 0 Å². The first-order valence-electron chi connectivity index (χ1n) is 9.51. The van der Waals surface area contributed by atoms with Crippen molar-refractivity contribution in [2.45, 2.75) is 40.2 Å². The van der Waals surface area contributed by atoms with Gasteiger partial charge in [0, 0.05) is 22.9 Å². The fourth-order valence-corrected chi connectivity index (χ4v) is 3.77. The molecule has 1 N–H and O–H groups in total. The Balaban J connectivity index is 2.34. The first-order chi connectivity index (χ1) is 13.3. The number of fused-ring (bicyclic) bond motifs is 1. The lowest BCUT2D eigenvalue weighted by Gasteiger charge is -2.14. The lowest BCUT2D eigenvalue weighted by molar-refractivity contribution is 0.0696. The summed E-state index contributed by atoms with van der Waals surface area (Å²) < 4.78 is 1.94. The number of aromatic nitrogens is 1. The number of hydrogen-bond acceptors (Lipinski definition) is 2. The van der Waals surface area contributed by atoms with Gasteiger partial charge in [-0.15, -0.1) is 0 Å². The van der Waals surface area contributed by atoms with Gasteiger partial charge in [0.05, 0.1) is 16.8 Å². The van der Waals surface area contributed by atoms with Gasteiger partial charge in [-0.3, -0.25) is 4.79 Å². The highest BCUT2D eigenvalue weighted by atomic mass is 35.5. The highest BCUT2D eigenvalue weighted by Gasteiger charge is 2.25. The molecular weight excluding hydrogens is 374 g/mol. The Bertz CT molecular complexity index is 1050. The monoisotopic (exact) mass is 397 g/mol. The minimum atomic E-state index is -0.985. The molecule has 0 spiro atoms. The van der Waals surface area contributed by atoms with Crippen molar-refractivity contribution in [2.24, 2.45) is 5.92 Å². The minimum absolute atomic E-state index is 0.0589. The molecule has 28 heavy (non-hydrogen) atoms. The van der Waals surface area contributed by atoms with E-state index in [-0.39, 0.29) is 17.3 Å². The second-order valence-corrected chi connectivity index (χ2v) is 7.72. The molecule has 146 valence electrons. The number of aromatic carboxylic acids is 1. The maximum absolute atomic E-state index is 13.2. The predicted octanol–water partition coefficient (Wildman–Crippen LogP) is 5.83. The fraction of sp³-hybridized carbons (Fsp3) is 0.304. The number of carbonyl (C=O) groups is 2. The summed E-state index contributed by atoms with van der Waals surface area (Å²) in [6.07, 6.45) is 1.65. The molecule has 4 nitrogen and oxygen atoms in total. The highest BCUT2D eigenvalue weighted by Crippen LogP contribution is 2.32. The van der Waals surface area contributed by atoms with E-state index in [9.17, 15) is 14.7 Å². The van der Waals surface area contributed by atoms with Gasteiger partial charge in [0.25, 0.3) is 0 Å². The third kappa shape index (κ3) is 3.69. The lowest BCUT2D eigenvalue weighted by Crippen LogP contribution is -2.17. The summed E-state index contributed by atoms with van der Waals surface area (Å²) in [4.78, 5) is 24.7. The number of carboxylic acids is 1. The topological polar surface area (TPSA) is 59.3 Å². The molecule has 3 rings (SSSR count). The van der Waals surface area contributed by atoms with E-state index < -0.39 is 5.97 Å². The summed E-state index contributed by atoms with van der Waals surface area (Å²) in [6.45, 7) is 6.26. The first kappa shape index (κ1) is 20.2. The van der Waals surface area contributed by atoms with Crippen LogP contribution in [-0.2, 0) is 13.0 Å². The van der Waals surface area contributed by atoms with Crippen LogP contribution in [0.25, 0.3) is 10.9 Å². The van der Waals surface area contributed by atoms with Crippen molar-refractivity contribution < 1.29 is 14.7 Å². The number of halogens is 1. The van der Waals surface area contributed by atoms with Crippen LogP contribution in [-0.4, -0.2) is 21.4 Å². The summed E-state index contributed by atoms with van der Waals surface area (Å²) in [7, 11) is 0. The molecular formula is C23H24ClNO3. The molecule has 0 amide bonds. The molecule has 2 aromatic carbocycles. The standard InChI is InChI=1S/C23H24ClNO3/c1-4-7-18-17-11-10-15(23(27)28)12-20(17)25(21(18)22(26)14(2)3)13-16-8-5-6-9-19(16)24/h5-6,8-12,14H,4,7,13H2,1-3H3,(H,27,28). The van der Waals surface area contributed by atoms with Gasteiger partial charge in [0.15, 0.2) is 5.78 Å². The molecule has 0 atom stereocenters. The average molecular weight is 398 g/mol. The van der Waals surface area contributed by atoms with E-state index >= 15 is 0 Å². The smallest absolute Gasteiger partial charge is 0.335 e. The van der Waals surface area contributed by atoms with E-state index in [4.69, 9.17) is 11.6 Å². The number of hydrogen-bond donors (Lipinski definition) is 1. The predicted molar refractivity (Wildman–Crippen MR) is 113 cm³/mol. The SMILES string of the molecule is CCCc1c(C(=O)C(C)C)n(Cc2ccccc2Cl)c2cc(C(=O)O)ccc12. The van der Waals surface area contributed by atoms with Crippen molar-refractivity contribution in [3.8, 4) is 0 Å². The van der Waals surface area contributed by atoms with Crippen molar-refractivity contribution in [3.05, 3.63) is 69.9 Å². The fourth-order valence-electron chi connectivity index (χ4n) is 3.57. The molecule has 0 radical (unpaired) electrons. The van der Waals surface area contributed by atoms with E-state index in [0.717, 1.165) is 34.9 Å². The van der Waals surface area contributed by atoms with Crippen LogP contribution in [0.1, 0.15) is 59.2 Å². The molecule has 1 aromatic heterocycles. The molecule has 0 unspecified atom stereocenters. The zero-order valence-electron chi connectivity index (χ0n) is 16.3.